The van der Waals surface area contributed by atoms with Gasteiger partial charge in [-0.15, -0.1) is 0 Å². The van der Waals surface area contributed by atoms with Crippen molar-refractivity contribution in [3.63, 3.8) is 0 Å². The van der Waals surface area contributed by atoms with Gasteiger partial charge in [-0.3, -0.25) is 4.90 Å². The molecule has 0 aromatic heterocycles. The first-order chi connectivity index (χ1) is 8.31. The number of nitrogens with one attached hydrogen (secondary N) is 1. The summed E-state index contributed by atoms with van der Waals surface area (Å²) in [7, 11) is 0. The predicted molar refractivity (Wildman–Crippen MR) is 76.5 cm³/mol. The highest BCUT2D eigenvalue weighted by Crippen LogP contribution is 2.22. The predicted octanol–water partition coefficient (Wildman–Crippen LogP) is 3.42. The third-order valence-electron chi connectivity index (χ3n) is 4.31. The van der Waals surface area contributed by atoms with Gasteiger partial charge in [-0.05, 0) is 32.2 Å². The Morgan fingerprint density at radius 1 is 1.06 bits per heavy atom. The van der Waals surface area contributed by atoms with Crippen LogP contribution in [0.25, 0.3) is 0 Å². The van der Waals surface area contributed by atoms with E-state index in [2.05, 4.69) is 31.0 Å². The zero-order chi connectivity index (χ0) is 12.5. The van der Waals surface area contributed by atoms with Crippen molar-refractivity contribution < 1.29 is 0 Å². The first kappa shape index (κ1) is 15.0. The standard InChI is InChI=1S/C15H32N2/c1-4-14(5-2)16-12-13-17(6-3)15-10-8-7-9-11-15/h14-16H,4-13H2,1-3H3. The lowest BCUT2D eigenvalue weighted by Crippen LogP contribution is -2.42. The number of rotatable bonds is 8. The summed E-state index contributed by atoms with van der Waals surface area (Å²) in [6.45, 7) is 10.5. The number of likely N-dealkylation sites (N-methyl/N-ethyl adjacent to an activating group) is 1. The van der Waals surface area contributed by atoms with Crippen molar-refractivity contribution in [2.24, 2.45) is 0 Å². The van der Waals surface area contributed by atoms with Crippen molar-refractivity contribution in [2.45, 2.75) is 77.8 Å². The van der Waals surface area contributed by atoms with Crippen molar-refractivity contribution in [2.75, 3.05) is 19.6 Å². The molecule has 0 saturated heterocycles. The molecular weight excluding hydrogens is 208 g/mol. The summed E-state index contributed by atoms with van der Waals surface area (Å²) in [4.78, 5) is 2.69. The first-order valence-electron chi connectivity index (χ1n) is 7.79. The van der Waals surface area contributed by atoms with Crippen LogP contribution in [0, 0.1) is 0 Å². The molecule has 1 N–H and O–H groups in total. The van der Waals surface area contributed by atoms with E-state index in [0.717, 1.165) is 18.6 Å². The van der Waals surface area contributed by atoms with Crippen LogP contribution in [0.3, 0.4) is 0 Å². The molecular formula is C15H32N2. The molecule has 0 aromatic carbocycles. The average Bonchev–Trinajstić information content (AvgIpc) is 2.40. The van der Waals surface area contributed by atoms with Gasteiger partial charge in [0, 0.05) is 25.2 Å². The van der Waals surface area contributed by atoms with Crippen LogP contribution in [0.5, 0.6) is 0 Å². The van der Waals surface area contributed by atoms with Gasteiger partial charge < -0.3 is 5.32 Å². The van der Waals surface area contributed by atoms with Crippen LogP contribution in [0.15, 0.2) is 0 Å². The molecule has 102 valence electrons. The molecule has 1 aliphatic carbocycles. The summed E-state index contributed by atoms with van der Waals surface area (Å²) in [5, 5.41) is 3.68. The second-order valence-corrected chi connectivity index (χ2v) is 5.39. The fourth-order valence-electron chi connectivity index (χ4n) is 3.03. The van der Waals surface area contributed by atoms with E-state index in [9.17, 15) is 0 Å². The fourth-order valence-corrected chi connectivity index (χ4v) is 3.03. The third-order valence-corrected chi connectivity index (χ3v) is 4.31. The Morgan fingerprint density at radius 2 is 1.71 bits per heavy atom. The maximum Gasteiger partial charge on any atom is 0.0110 e. The SMILES string of the molecule is CCC(CC)NCCN(CC)C1CCCCC1. The molecule has 0 spiro atoms. The quantitative estimate of drug-likeness (QED) is 0.699. The highest BCUT2D eigenvalue weighted by Gasteiger charge is 2.19. The normalized spacial score (nSPS) is 18.2. The van der Waals surface area contributed by atoms with Crippen LogP contribution in [-0.4, -0.2) is 36.6 Å². The number of hydrogen-bond acceptors (Lipinski definition) is 2. The molecule has 0 aliphatic heterocycles. The Kier molecular flexibility index (Phi) is 7.87. The van der Waals surface area contributed by atoms with E-state index < -0.39 is 0 Å². The highest BCUT2D eigenvalue weighted by molar-refractivity contribution is 4.76. The highest BCUT2D eigenvalue weighted by atomic mass is 15.2. The van der Waals surface area contributed by atoms with Gasteiger partial charge in [-0.1, -0.05) is 40.0 Å². The maximum absolute atomic E-state index is 3.68. The second kappa shape index (κ2) is 8.93. The molecule has 0 heterocycles. The molecule has 0 atom stereocenters. The van der Waals surface area contributed by atoms with Gasteiger partial charge in [0.15, 0.2) is 0 Å². The van der Waals surface area contributed by atoms with Gasteiger partial charge in [0.05, 0.1) is 0 Å². The Hall–Kier alpha value is -0.0800. The minimum Gasteiger partial charge on any atom is -0.313 e. The van der Waals surface area contributed by atoms with E-state index in [0.29, 0.717) is 0 Å². The van der Waals surface area contributed by atoms with Crippen molar-refractivity contribution in [1.82, 2.24) is 10.2 Å². The third kappa shape index (κ3) is 5.39. The molecule has 0 aromatic rings. The number of nitrogens with zero attached hydrogens (tertiary/aromatic N) is 1. The zero-order valence-corrected chi connectivity index (χ0v) is 12.2. The summed E-state index contributed by atoms with van der Waals surface area (Å²) in [5.74, 6) is 0. The van der Waals surface area contributed by atoms with Gasteiger partial charge in [-0.2, -0.15) is 0 Å². The van der Waals surface area contributed by atoms with E-state index in [1.165, 1.54) is 58.0 Å². The Balaban J connectivity index is 2.21. The van der Waals surface area contributed by atoms with Gasteiger partial charge >= 0.3 is 0 Å². The van der Waals surface area contributed by atoms with Crippen molar-refractivity contribution in [3.05, 3.63) is 0 Å². The molecule has 1 saturated carbocycles. The fraction of sp³-hybridized carbons (Fsp3) is 1.00. The summed E-state index contributed by atoms with van der Waals surface area (Å²) < 4.78 is 0. The minimum absolute atomic E-state index is 0.722. The molecule has 0 amide bonds. The van der Waals surface area contributed by atoms with Crippen molar-refractivity contribution in [1.29, 1.82) is 0 Å². The largest absolute Gasteiger partial charge is 0.313 e. The van der Waals surface area contributed by atoms with Crippen LogP contribution in [0.2, 0.25) is 0 Å². The van der Waals surface area contributed by atoms with Crippen molar-refractivity contribution in [3.8, 4) is 0 Å². The molecule has 1 fully saturated rings. The van der Waals surface area contributed by atoms with E-state index >= 15 is 0 Å². The van der Waals surface area contributed by atoms with E-state index in [4.69, 9.17) is 0 Å². The Morgan fingerprint density at radius 3 is 2.24 bits per heavy atom. The molecule has 0 unspecified atom stereocenters. The molecule has 0 radical (unpaired) electrons. The zero-order valence-electron chi connectivity index (χ0n) is 12.2. The minimum atomic E-state index is 0.722. The molecule has 2 nitrogen and oxygen atoms in total. The van der Waals surface area contributed by atoms with Crippen LogP contribution in [0.1, 0.15) is 65.7 Å². The Bertz CT molecular complexity index is 172. The van der Waals surface area contributed by atoms with Crippen LogP contribution >= 0.6 is 0 Å². The number of hydrogen-bond donors (Lipinski definition) is 1. The van der Waals surface area contributed by atoms with Gasteiger partial charge in [0.2, 0.25) is 0 Å². The summed E-state index contributed by atoms with van der Waals surface area (Å²) in [6, 6.07) is 1.59. The van der Waals surface area contributed by atoms with E-state index in [1.807, 2.05) is 0 Å². The molecule has 1 rings (SSSR count). The van der Waals surface area contributed by atoms with Crippen molar-refractivity contribution >= 4 is 0 Å². The molecule has 2 heteroatoms. The maximum atomic E-state index is 3.68. The lowest BCUT2D eigenvalue weighted by atomic mass is 9.94. The summed E-state index contributed by atoms with van der Waals surface area (Å²) >= 11 is 0. The van der Waals surface area contributed by atoms with Gasteiger partial charge in [0.25, 0.3) is 0 Å². The molecule has 17 heavy (non-hydrogen) atoms. The van der Waals surface area contributed by atoms with E-state index in [1.54, 1.807) is 0 Å². The lowest BCUT2D eigenvalue weighted by molar-refractivity contribution is 0.162. The first-order valence-corrected chi connectivity index (χ1v) is 7.79. The van der Waals surface area contributed by atoms with Crippen LogP contribution < -0.4 is 5.32 Å². The van der Waals surface area contributed by atoms with E-state index in [-0.39, 0.29) is 0 Å². The summed E-state index contributed by atoms with van der Waals surface area (Å²) in [5.41, 5.74) is 0. The smallest absolute Gasteiger partial charge is 0.0110 e. The lowest BCUT2D eigenvalue weighted by Gasteiger charge is -2.34. The van der Waals surface area contributed by atoms with Gasteiger partial charge in [0.1, 0.15) is 0 Å². The second-order valence-electron chi connectivity index (χ2n) is 5.39. The topological polar surface area (TPSA) is 15.3 Å². The molecule has 1 aliphatic rings. The molecule has 0 bridgehead atoms. The average molecular weight is 240 g/mol. The van der Waals surface area contributed by atoms with Crippen LogP contribution in [-0.2, 0) is 0 Å². The summed E-state index contributed by atoms with van der Waals surface area (Å²) in [6.07, 6.45) is 9.72. The Labute approximate surface area is 108 Å². The monoisotopic (exact) mass is 240 g/mol. The van der Waals surface area contributed by atoms with Crippen LogP contribution in [0.4, 0.5) is 0 Å². The van der Waals surface area contributed by atoms with Gasteiger partial charge in [-0.25, -0.2) is 0 Å².